The van der Waals surface area contributed by atoms with E-state index >= 15 is 0 Å². The molecule has 0 aliphatic heterocycles. The van der Waals surface area contributed by atoms with Crippen LogP contribution in [0.5, 0.6) is 5.75 Å². The van der Waals surface area contributed by atoms with Crippen LogP contribution in [-0.4, -0.2) is 37.0 Å². The van der Waals surface area contributed by atoms with Gasteiger partial charge in [0.15, 0.2) is 0 Å². The zero-order valence-corrected chi connectivity index (χ0v) is 14.0. The third kappa shape index (κ3) is 3.61. The second-order valence-corrected chi connectivity index (χ2v) is 5.77. The van der Waals surface area contributed by atoms with Crippen LogP contribution in [0.4, 0.5) is 0 Å². The summed E-state index contributed by atoms with van der Waals surface area (Å²) in [7, 11) is 0. The smallest absolute Gasteiger partial charge is 0.275 e. The van der Waals surface area contributed by atoms with Crippen molar-refractivity contribution in [1.29, 1.82) is 0 Å². The Morgan fingerprint density at radius 2 is 2.20 bits per heavy atom. The van der Waals surface area contributed by atoms with Crippen molar-refractivity contribution in [1.82, 2.24) is 19.2 Å². The van der Waals surface area contributed by atoms with Gasteiger partial charge in [-0.15, -0.1) is 6.58 Å². The fourth-order valence-electron chi connectivity index (χ4n) is 2.69. The fraction of sp³-hybridized carbons (Fsp3) is 0.278. The molecular weight excluding hydrogens is 320 g/mol. The molecule has 7 nitrogen and oxygen atoms in total. The van der Waals surface area contributed by atoms with Crippen LogP contribution in [0.25, 0.3) is 5.78 Å². The number of aliphatic hydroxyl groups is 1. The Kier molecular flexibility index (Phi) is 4.95. The number of benzene rings is 1. The van der Waals surface area contributed by atoms with Crippen molar-refractivity contribution in [3.63, 3.8) is 0 Å². The Morgan fingerprint density at radius 3 is 3.00 bits per heavy atom. The normalized spacial score (nSPS) is 12.2. The number of nitrogens with zero attached hydrogens (tertiary/aromatic N) is 4. The molecule has 0 fully saturated rings. The van der Waals surface area contributed by atoms with Gasteiger partial charge in [-0.2, -0.15) is 14.6 Å². The number of aromatic nitrogens is 4. The third-order valence-corrected chi connectivity index (χ3v) is 3.90. The molecule has 0 spiro atoms. The summed E-state index contributed by atoms with van der Waals surface area (Å²) in [6, 6.07) is 9.13. The second kappa shape index (κ2) is 7.31. The van der Waals surface area contributed by atoms with Crippen LogP contribution in [0.1, 0.15) is 11.3 Å². The topological polar surface area (TPSA) is 81.7 Å². The van der Waals surface area contributed by atoms with Crippen molar-refractivity contribution in [3.8, 4) is 5.75 Å². The molecule has 2 aromatic heterocycles. The minimum absolute atomic E-state index is 0.125. The number of aryl methyl sites for hydroxylation is 1. The first kappa shape index (κ1) is 16.9. The lowest BCUT2D eigenvalue weighted by atomic mass is 10.1. The lowest BCUT2D eigenvalue weighted by Crippen LogP contribution is -2.28. The number of rotatable bonds is 7. The molecule has 25 heavy (non-hydrogen) atoms. The van der Waals surface area contributed by atoms with E-state index in [4.69, 9.17) is 4.74 Å². The Hall–Kier alpha value is -2.93. The Morgan fingerprint density at radius 1 is 1.40 bits per heavy atom. The first-order valence-electron chi connectivity index (χ1n) is 8.00. The van der Waals surface area contributed by atoms with Gasteiger partial charge in [-0.1, -0.05) is 24.3 Å². The van der Waals surface area contributed by atoms with Gasteiger partial charge < -0.3 is 14.4 Å². The molecule has 1 N–H and O–H groups in total. The van der Waals surface area contributed by atoms with Crippen molar-refractivity contribution in [2.75, 3.05) is 6.61 Å². The van der Waals surface area contributed by atoms with Gasteiger partial charge in [-0.05, 0) is 25.0 Å². The van der Waals surface area contributed by atoms with Crippen LogP contribution < -0.4 is 10.3 Å². The maximum atomic E-state index is 11.9. The van der Waals surface area contributed by atoms with Crippen molar-refractivity contribution in [3.05, 3.63) is 70.9 Å². The van der Waals surface area contributed by atoms with E-state index in [1.165, 1.54) is 16.9 Å². The average Bonchev–Trinajstić information content (AvgIpc) is 3.08. The van der Waals surface area contributed by atoms with E-state index in [0.717, 1.165) is 11.3 Å². The molecule has 7 heteroatoms. The number of para-hydroxylation sites is 1. The van der Waals surface area contributed by atoms with Crippen LogP contribution in [-0.2, 0) is 13.0 Å². The van der Waals surface area contributed by atoms with Crippen LogP contribution in [0.2, 0.25) is 0 Å². The van der Waals surface area contributed by atoms with Crippen molar-refractivity contribution in [2.45, 2.75) is 26.0 Å². The summed E-state index contributed by atoms with van der Waals surface area (Å²) in [4.78, 5) is 16.0. The van der Waals surface area contributed by atoms with Crippen LogP contribution >= 0.6 is 0 Å². The number of allylic oxidation sites excluding steroid dienone is 1. The number of fused-ring (bicyclic) bond motifs is 1. The zero-order chi connectivity index (χ0) is 17.8. The molecule has 1 aromatic carbocycles. The SMILES string of the molecule is C=CCc1ccccc1OC[C@H](O)Cn1c(C)cc(=O)n2ncnc12. The monoisotopic (exact) mass is 340 g/mol. The van der Waals surface area contributed by atoms with E-state index in [9.17, 15) is 9.90 Å². The minimum Gasteiger partial charge on any atom is -0.491 e. The van der Waals surface area contributed by atoms with E-state index in [-0.39, 0.29) is 18.7 Å². The fourth-order valence-corrected chi connectivity index (χ4v) is 2.69. The largest absolute Gasteiger partial charge is 0.491 e. The van der Waals surface area contributed by atoms with Gasteiger partial charge in [0, 0.05) is 11.8 Å². The van der Waals surface area contributed by atoms with Crippen molar-refractivity contribution in [2.24, 2.45) is 0 Å². The standard InChI is InChI=1S/C18H20N4O3/c1-3-6-14-7-4-5-8-16(14)25-11-15(23)10-21-13(2)9-17(24)22-18(21)19-12-20-22/h3-5,7-9,12,15,23H,1,6,10-11H2,2H3/t15-/m1/s1. The third-order valence-electron chi connectivity index (χ3n) is 3.90. The van der Waals surface area contributed by atoms with Crippen LogP contribution in [0, 0.1) is 6.92 Å². The predicted molar refractivity (Wildman–Crippen MR) is 93.8 cm³/mol. The van der Waals surface area contributed by atoms with Gasteiger partial charge in [0.1, 0.15) is 24.8 Å². The molecule has 0 aliphatic carbocycles. The quantitative estimate of drug-likeness (QED) is 0.657. The summed E-state index contributed by atoms with van der Waals surface area (Å²) in [6.07, 6.45) is 3.06. The van der Waals surface area contributed by atoms with Gasteiger partial charge in [-0.25, -0.2) is 0 Å². The lowest BCUT2D eigenvalue weighted by Gasteiger charge is -2.17. The summed E-state index contributed by atoms with van der Waals surface area (Å²) >= 11 is 0. The Bertz CT molecular complexity index is 945. The molecule has 2 heterocycles. The molecule has 0 unspecified atom stereocenters. The van der Waals surface area contributed by atoms with Gasteiger partial charge in [0.05, 0.1) is 6.54 Å². The summed E-state index contributed by atoms with van der Waals surface area (Å²) in [5, 5.41) is 14.3. The lowest BCUT2D eigenvalue weighted by molar-refractivity contribution is 0.0921. The summed E-state index contributed by atoms with van der Waals surface area (Å²) in [5.41, 5.74) is 1.48. The first-order valence-corrected chi connectivity index (χ1v) is 8.00. The zero-order valence-electron chi connectivity index (χ0n) is 14.0. The van der Waals surface area contributed by atoms with Crippen molar-refractivity contribution >= 4 is 5.78 Å². The van der Waals surface area contributed by atoms with Gasteiger partial charge in [-0.3, -0.25) is 4.79 Å². The molecule has 0 saturated carbocycles. The number of hydrogen-bond donors (Lipinski definition) is 1. The maximum Gasteiger partial charge on any atom is 0.275 e. The van der Waals surface area contributed by atoms with Crippen LogP contribution in [0.15, 0.2) is 54.1 Å². The highest BCUT2D eigenvalue weighted by Gasteiger charge is 2.14. The molecule has 0 saturated heterocycles. The highest BCUT2D eigenvalue weighted by atomic mass is 16.5. The van der Waals surface area contributed by atoms with Gasteiger partial charge >= 0.3 is 0 Å². The number of ether oxygens (including phenoxy) is 1. The van der Waals surface area contributed by atoms with E-state index in [1.54, 1.807) is 11.5 Å². The highest BCUT2D eigenvalue weighted by Crippen LogP contribution is 2.19. The average molecular weight is 340 g/mol. The molecule has 3 rings (SSSR count). The first-order chi connectivity index (χ1) is 12.1. The summed E-state index contributed by atoms with van der Waals surface area (Å²) in [5.74, 6) is 1.13. The second-order valence-electron chi connectivity index (χ2n) is 5.77. The highest BCUT2D eigenvalue weighted by molar-refractivity contribution is 5.34. The van der Waals surface area contributed by atoms with E-state index < -0.39 is 6.10 Å². The summed E-state index contributed by atoms with van der Waals surface area (Å²) in [6.45, 7) is 5.91. The van der Waals surface area contributed by atoms with Gasteiger partial charge in [0.25, 0.3) is 5.56 Å². The molecule has 1 atom stereocenters. The maximum absolute atomic E-state index is 11.9. The molecule has 0 radical (unpaired) electrons. The molecule has 3 aromatic rings. The number of hydrogen-bond acceptors (Lipinski definition) is 5. The molecule has 0 aliphatic rings. The van der Waals surface area contributed by atoms with Crippen LogP contribution in [0.3, 0.4) is 0 Å². The van der Waals surface area contributed by atoms with E-state index in [1.807, 2.05) is 30.3 Å². The minimum atomic E-state index is -0.765. The van der Waals surface area contributed by atoms with E-state index in [2.05, 4.69) is 16.7 Å². The van der Waals surface area contributed by atoms with Gasteiger partial charge in [0.2, 0.25) is 5.78 Å². The molecule has 0 bridgehead atoms. The van der Waals surface area contributed by atoms with E-state index in [0.29, 0.717) is 17.9 Å². The Labute approximate surface area is 144 Å². The molecule has 0 amide bonds. The number of aliphatic hydroxyl groups excluding tert-OH is 1. The molecular formula is C18H20N4O3. The predicted octanol–water partition coefficient (Wildman–Crippen LogP) is 1.37. The van der Waals surface area contributed by atoms with Crippen molar-refractivity contribution < 1.29 is 9.84 Å². The molecule has 130 valence electrons. The Balaban J connectivity index is 1.74. The summed E-state index contributed by atoms with van der Waals surface area (Å²) < 4.78 is 8.72.